The molecule has 0 aliphatic carbocycles. The van der Waals surface area contributed by atoms with Crippen LogP contribution < -0.4 is 21.8 Å². The van der Waals surface area contributed by atoms with Crippen molar-refractivity contribution in [2.75, 3.05) is 30.1 Å². The van der Waals surface area contributed by atoms with Crippen molar-refractivity contribution in [3.63, 3.8) is 0 Å². The molecule has 48 heavy (non-hydrogen) atoms. The first-order valence-corrected chi connectivity index (χ1v) is 16.2. The number of amides is 3. The molecule has 1 fully saturated rings. The number of carboxylic acids is 2. The predicted octanol–water partition coefficient (Wildman–Crippen LogP) is 1.03. The number of oxime groups is 1. The van der Waals surface area contributed by atoms with Gasteiger partial charge in [-0.1, -0.05) is 18.5 Å². The van der Waals surface area contributed by atoms with Crippen molar-refractivity contribution >= 4 is 69.3 Å². The SMILES string of the molecule is CCCCONc1cc(O)c(O)cc1C(=O)NCC1=C(C(=O)O)N2C(=O)C(NC(=O)C(=NOC(C)(C)C(=O)O)c3csc(N)n3)[C@@H]2SC1. The molecule has 18 nitrogen and oxygen atoms in total. The molecular formula is C28H33N7O11S2. The largest absolute Gasteiger partial charge is 0.504 e. The number of thioether (sulfide) groups is 1. The van der Waals surface area contributed by atoms with Gasteiger partial charge >= 0.3 is 11.9 Å². The van der Waals surface area contributed by atoms with Crippen LogP contribution in [0.4, 0.5) is 10.8 Å². The number of aliphatic carboxylic acids is 2. The van der Waals surface area contributed by atoms with E-state index in [2.05, 4.69) is 26.3 Å². The number of carbonyl (C=O) groups excluding carboxylic acids is 3. The van der Waals surface area contributed by atoms with E-state index in [4.69, 9.17) is 15.4 Å². The molecule has 1 saturated heterocycles. The number of nitrogens with two attached hydrogens (primary N) is 1. The molecule has 1 aromatic carbocycles. The van der Waals surface area contributed by atoms with Crippen molar-refractivity contribution in [2.24, 2.45) is 5.16 Å². The van der Waals surface area contributed by atoms with E-state index in [9.17, 15) is 44.4 Å². The van der Waals surface area contributed by atoms with Crippen molar-refractivity contribution in [2.45, 2.75) is 50.6 Å². The molecule has 20 heteroatoms. The molecule has 1 aromatic heterocycles. The van der Waals surface area contributed by atoms with E-state index in [0.717, 1.165) is 53.0 Å². The van der Waals surface area contributed by atoms with Crippen molar-refractivity contribution < 1.29 is 54.1 Å². The summed E-state index contributed by atoms with van der Waals surface area (Å²) in [5.74, 6) is -6.26. The summed E-state index contributed by atoms with van der Waals surface area (Å²) in [7, 11) is 0. The zero-order valence-corrected chi connectivity index (χ0v) is 27.4. The van der Waals surface area contributed by atoms with Gasteiger partial charge in [-0.25, -0.2) is 14.6 Å². The highest BCUT2D eigenvalue weighted by Crippen LogP contribution is 2.40. The Hall–Kier alpha value is -5.08. The summed E-state index contributed by atoms with van der Waals surface area (Å²) in [4.78, 5) is 78.8. The van der Waals surface area contributed by atoms with Crippen LogP contribution in [-0.2, 0) is 28.9 Å². The number of aromatic nitrogens is 1. The minimum Gasteiger partial charge on any atom is -0.504 e. The lowest BCUT2D eigenvalue weighted by molar-refractivity contribution is -0.161. The summed E-state index contributed by atoms with van der Waals surface area (Å²) >= 11 is 2.11. The van der Waals surface area contributed by atoms with Gasteiger partial charge in [-0.2, -0.15) is 0 Å². The molecule has 3 amide bonds. The number of β-lactam (4-membered cyclic amide) rings is 1. The summed E-state index contributed by atoms with van der Waals surface area (Å²) in [6.45, 7) is 4.39. The molecule has 258 valence electrons. The molecule has 2 aromatic rings. The third-order valence-corrected chi connectivity index (χ3v) is 9.01. The van der Waals surface area contributed by atoms with E-state index >= 15 is 0 Å². The average molecular weight is 708 g/mol. The normalized spacial score (nSPS) is 17.7. The Bertz CT molecular complexity index is 1690. The van der Waals surface area contributed by atoms with E-state index in [1.165, 1.54) is 19.2 Å². The standard InChI is InChI=1S/C28H33N7O11S2/c1-4-5-6-45-33-14-8-17(37)16(36)7-13(14)21(38)30-9-12-10-47-24-19(23(40)35(24)20(12)25(41)42)32-22(39)18(15-11-48-27(29)31-15)34-46-28(2,3)26(43)44/h7-8,11,19,24,33,36-37H,4-6,9-10H2,1-3H3,(H2,29,31)(H,30,38)(H,32,39)(H,41,42)(H,43,44)/t19?,24-/m0/s1. The number of thiazole rings is 1. The predicted molar refractivity (Wildman–Crippen MR) is 172 cm³/mol. The number of aromatic hydroxyl groups is 2. The van der Waals surface area contributed by atoms with Crippen LogP contribution in [0.15, 0.2) is 33.9 Å². The Morgan fingerprint density at radius 1 is 1.19 bits per heavy atom. The number of hydrogen-bond donors (Lipinski definition) is 8. The fraction of sp³-hybridized carbons (Fsp3) is 0.393. The molecule has 2 aliphatic heterocycles. The molecule has 0 saturated carbocycles. The Morgan fingerprint density at radius 2 is 1.90 bits per heavy atom. The van der Waals surface area contributed by atoms with Gasteiger partial charge in [0.1, 0.15) is 22.8 Å². The summed E-state index contributed by atoms with van der Waals surface area (Å²) in [6, 6.07) is 0.930. The van der Waals surface area contributed by atoms with E-state index < -0.39 is 63.9 Å². The van der Waals surface area contributed by atoms with Gasteiger partial charge in [-0.3, -0.25) is 29.6 Å². The second kappa shape index (κ2) is 14.8. The number of carboxylic acid groups (broad SMARTS) is 2. The van der Waals surface area contributed by atoms with Gasteiger partial charge in [-0.05, 0) is 31.9 Å². The highest BCUT2D eigenvalue weighted by Gasteiger charge is 2.54. The van der Waals surface area contributed by atoms with Crippen LogP contribution in [-0.4, -0.2) is 102 Å². The van der Waals surface area contributed by atoms with Crippen LogP contribution in [0, 0.1) is 0 Å². The Kier molecular flexibility index (Phi) is 11.0. The molecular weight excluding hydrogens is 674 g/mol. The number of nitrogens with one attached hydrogen (secondary N) is 3. The van der Waals surface area contributed by atoms with Crippen LogP contribution in [0.1, 0.15) is 49.7 Å². The van der Waals surface area contributed by atoms with Gasteiger partial charge in [0.25, 0.3) is 17.7 Å². The van der Waals surface area contributed by atoms with Crippen LogP contribution >= 0.6 is 23.1 Å². The van der Waals surface area contributed by atoms with Crippen molar-refractivity contribution in [1.82, 2.24) is 20.5 Å². The number of unbranched alkanes of at least 4 members (excludes halogenated alkanes) is 1. The van der Waals surface area contributed by atoms with Gasteiger partial charge in [-0.15, -0.1) is 23.1 Å². The number of phenols is 2. The summed E-state index contributed by atoms with van der Waals surface area (Å²) in [6.07, 6.45) is 1.57. The maximum Gasteiger partial charge on any atom is 0.352 e. The number of fused-ring (bicyclic) bond motifs is 1. The number of nitrogens with zero attached hydrogens (tertiary/aromatic N) is 3. The first-order valence-electron chi connectivity index (χ1n) is 14.3. The fourth-order valence-electron chi connectivity index (χ4n) is 4.30. The summed E-state index contributed by atoms with van der Waals surface area (Å²) in [5.41, 5.74) is 5.72. The number of rotatable bonds is 15. The van der Waals surface area contributed by atoms with Gasteiger partial charge in [0, 0.05) is 23.7 Å². The third-order valence-electron chi connectivity index (χ3n) is 7.00. The fourth-order valence-corrected chi connectivity index (χ4v) is 6.20. The van der Waals surface area contributed by atoms with Gasteiger partial charge in [0.2, 0.25) is 5.60 Å². The molecule has 1 unspecified atom stereocenters. The molecule has 9 N–H and O–H groups in total. The molecule has 0 bridgehead atoms. The summed E-state index contributed by atoms with van der Waals surface area (Å²) in [5, 5.41) is 48.7. The quantitative estimate of drug-likeness (QED) is 0.0321. The number of phenolic OH excluding ortho intramolecular Hbond substituents is 2. The van der Waals surface area contributed by atoms with E-state index in [-0.39, 0.29) is 45.6 Å². The van der Waals surface area contributed by atoms with Gasteiger partial charge in [0.15, 0.2) is 22.3 Å². The van der Waals surface area contributed by atoms with Crippen molar-refractivity contribution in [3.05, 3.63) is 40.0 Å². The Morgan fingerprint density at radius 3 is 2.52 bits per heavy atom. The molecule has 2 atom stereocenters. The Balaban J connectivity index is 1.49. The second-order valence-corrected chi connectivity index (χ2v) is 12.9. The molecule has 4 rings (SSSR count). The van der Waals surface area contributed by atoms with E-state index in [1.807, 2.05) is 6.92 Å². The highest BCUT2D eigenvalue weighted by atomic mass is 32.2. The molecule has 3 heterocycles. The highest BCUT2D eigenvalue weighted by molar-refractivity contribution is 8.00. The molecule has 2 aliphatic rings. The summed E-state index contributed by atoms with van der Waals surface area (Å²) < 4.78 is 0. The lowest BCUT2D eigenvalue weighted by Crippen LogP contribution is -2.71. The maximum absolute atomic E-state index is 13.3. The van der Waals surface area contributed by atoms with Crippen molar-refractivity contribution in [3.8, 4) is 11.5 Å². The first-order chi connectivity index (χ1) is 22.7. The number of anilines is 2. The minimum atomic E-state index is -1.81. The van der Waals surface area contributed by atoms with Gasteiger partial charge in [0.05, 0.1) is 17.9 Å². The van der Waals surface area contributed by atoms with Crippen LogP contribution in [0.3, 0.4) is 0 Å². The van der Waals surface area contributed by atoms with Crippen molar-refractivity contribution in [1.29, 1.82) is 0 Å². The zero-order valence-electron chi connectivity index (χ0n) is 25.8. The number of carbonyl (C=O) groups is 5. The lowest BCUT2D eigenvalue weighted by atomic mass is 10.0. The third kappa shape index (κ3) is 7.72. The maximum atomic E-state index is 13.3. The van der Waals surface area contributed by atoms with E-state index in [1.54, 1.807) is 0 Å². The Labute approximate surface area is 280 Å². The van der Waals surface area contributed by atoms with Crippen LogP contribution in [0.25, 0.3) is 0 Å². The number of nitrogen functional groups attached to an aromatic ring is 1. The smallest absolute Gasteiger partial charge is 0.352 e. The van der Waals surface area contributed by atoms with E-state index in [0.29, 0.717) is 6.61 Å². The molecule has 0 radical (unpaired) electrons. The lowest BCUT2D eigenvalue weighted by Gasteiger charge is -2.49. The average Bonchev–Trinajstić information content (AvgIpc) is 3.46. The first kappa shape index (κ1) is 35.8. The number of hydrogen-bond acceptors (Lipinski definition) is 15. The monoisotopic (exact) mass is 707 g/mol. The van der Waals surface area contributed by atoms with Crippen LogP contribution in [0.2, 0.25) is 0 Å². The van der Waals surface area contributed by atoms with Gasteiger partial charge < -0.3 is 41.6 Å². The minimum absolute atomic E-state index is 0.0342. The molecule has 0 spiro atoms. The second-order valence-electron chi connectivity index (χ2n) is 10.9. The van der Waals surface area contributed by atoms with Crippen LogP contribution in [0.5, 0.6) is 11.5 Å². The zero-order chi connectivity index (χ0) is 35.3. The topological polar surface area (TPSA) is 275 Å². The number of benzene rings is 1.